The monoisotopic (exact) mass is 400 g/mol. The van der Waals surface area contributed by atoms with Gasteiger partial charge in [0.05, 0.1) is 5.39 Å². The van der Waals surface area contributed by atoms with Gasteiger partial charge in [0, 0.05) is 43.4 Å². The lowest BCUT2D eigenvalue weighted by Crippen LogP contribution is -2.49. The van der Waals surface area contributed by atoms with Crippen LogP contribution in [-0.2, 0) is 4.79 Å². The standard InChI is InChI=1S/C22H32N4OS/c1-4-5-6-7-8-18(27)25-11-13-26(14-12-25)21-19-15(2)16(3)28-22(19)24-20(23-21)17-9-10-17/h17H,4-14H2,1-3H3. The number of aryl methyl sites for hydroxylation is 2. The molecule has 2 aromatic heterocycles. The molecule has 4 rings (SSSR count). The van der Waals surface area contributed by atoms with Gasteiger partial charge in [-0.15, -0.1) is 11.3 Å². The first-order chi connectivity index (χ1) is 13.6. The average Bonchev–Trinajstić information content (AvgIpc) is 3.51. The molecule has 1 saturated carbocycles. The van der Waals surface area contributed by atoms with Gasteiger partial charge in [0.2, 0.25) is 5.91 Å². The van der Waals surface area contributed by atoms with Crippen molar-refractivity contribution in [2.75, 3.05) is 31.1 Å². The van der Waals surface area contributed by atoms with E-state index in [0.717, 1.165) is 49.1 Å². The Kier molecular flexibility index (Phi) is 5.85. The van der Waals surface area contributed by atoms with Gasteiger partial charge in [-0.25, -0.2) is 9.97 Å². The fourth-order valence-electron chi connectivity index (χ4n) is 4.03. The second-order valence-electron chi connectivity index (χ2n) is 8.32. The van der Waals surface area contributed by atoms with Crippen LogP contribution in [-0.4, -0.2) is 47.0 Å². The zero-order valence-electron chi connectivity index (χ0n) is 17.5. The van der Waals surface area contributed by atoms with Crippen molar-refractivity contribution in [3.63, 3.8) is 0 Å². The van der Waals surface area contributed by atoms with Gasteiger partial charge < -0.3 is 9.80 Å². The zero-order chi connectivity index (χ0) is 19.7. The van der Waals surface area contributed by atoms with Gasteiger partial charge in [0.25, 0.3) is 0 Å². The molecule has 6 heteroatoms. The lowest BCUT2D eigenvalue weighted by atomic mass is 10.1. The maximum atomic E-state index is 12.5. The molecule has 2 aromatic rings. The summed E-state index contributed by atoms with van der Waals surface area (Å²) >= 11 is 1.79. The fourth-order valence-corrected chi connectivity index (χ4v) is 5.06. The second kappa shape index (κ2) is 8.36. The van der Waals surface area contributed by atoms with E-state index in [2.05, 4.69) is 25.7 Å². The minimum atomic E-state index is 0.324. The molecule has 5 nitrogen and oxygen atoms in total. The molecule has 0 radical (unpaired) electrons. The van der Waals surface area contributed by atoms with E-state index in [9.17, 15) is 4.79 Å². The number of unbranched alkanes of at least 4 members (excludes halogenated alkanes) is 3. The summed E-state index contributed by atoms with van der Waals surface area (Å²) in [5, 5.41) is 1.23. The molecule has 1 aliphatic carbocycles. The molecule has 1 aliphatic heterocycles. The van der Waals surface area contributed by atoms with Crippen molar-refractivity contribution in [1.82, 2.24) is 14.9 Å². The molecule has 1 saturated heterocycles. The molecule has 0 atom stereocenters. The highest BCUT2D eigenvalue weighted by atomic mass is 32.1. The Labute approximate surface area is 172 Å². The van der Waals surface area contributed by atoms with E-state index in [-0.39, 0.29) is 0 Å². The van der Waals surface area contributed by atoms with Gasteiger partial charge in [-0.1, -0.05) is 26.2 Å². The van der Waals surface area contributed by atoms with E-state index < -0.39 is 0 Å². The number of thiophene rings is 1. The summed E-state index contributed by atoms with van der Waals surface area (Å²) in [5.74, 6) is 3.00. The van der Waals surface area contributed by atoms with Crippen LogP contribution in [0.4, 0.5) is 5.82 Å². The molecule has 0 unspecified atom stereocenters. The van der Waals surface area contributed by atoms with E-state index >= 15 is 0 Å². The van der Waals surface area contributed by atoms with Gasteiger partial charge in [-0.3, -0.25) is 4.79 Å². The molecule has 1 amide bonds. The van der Waals surface area contributed by atoms with E-state index in [0.29, 0.717) is 18.2 Å². The van der Waals surface area contributed by atoms with E-state index in [1.807, 2.05) is 4.90 Å². The van der Waals surface area contributed by atoms with Crippen LogP contribution in [0.2, 0.25) is 0 Å². The van der Waals surface area contributed by atoms with Crippen molar-refractivity contribution < 1.29 is 4.79 Å². The smallest absolute Gasteiger partial charge is 0.222 e. The summed E-state index contributed by atoms with van der Waals surface area (Å²) in [5.41, 5.74) is 1.31. The van der Waals surface area contributed by atoms with E-state index in [1.165, 1.54) is 47.9 Å². The molecule has 0 spiro atoms. The Bertz CT molecular complexity index is 850. The average molecular weight is 401 g/mol. The number of rotatable bonds is 7. The van der Waals surface area contributed by atoms with Gasteiger partial charge in [0.15, 0.2) is 0 Å². The third-order valence-electron chi connectivity index (χ3n) is 6.15. The Hall–Kier alpha value is -1.69. The lowest BCUT2D eigenvalue weighted by Gasteiger charge is -2.36. The predicted octanol–water partition coefficient (Wildman–Crippen LogP) is 4.80. The van der Waals surface area contributed by atoms with Crippen molar-refractivity contribution in [3.8, 4) is 0 Å². The molecular formula is C22H32N4OS. The highest BCUT2D eigenvalue weighted by Gasteiger charge is 2.30. The molecule has 152 valence electrons. The number of nitrogens with zero attached hydrogens (tertiary/aromatic N) is 4. The summed E-state index contributed by atoms with van der Waals surface area (Å²) in [6.07, 6.45) is 7.77. The van der Waals surface area contributed by atoms with Crippen LogP contribution < -0.4 is 4.90 Å². The molecule has 0 aromatic carbocycles. The number of aromatic nitrogens is 2. The molecule has 0 bridgehead atoms. The van der Waals surface area contributed by atoms with Crippen LogP contribution in [0.25, 0.3) is 10.2 Å². The molecular weight excluding hydrogens is 368 g/mol. The van der Waals surface area contributed by atoms with Crippen molar-refractivity contribution in [2.45, 2.75) is 71.6 Å². The molecule has 3 heterocycles. The van der Waals surface area contributed by atoms with Crippen LogP contribution in [0.1, 0.15) is 74.1 Å². The highest BCUT2D eigenvalue weighted by Crippen LogP contribution is 2.42. The highest BCUT2D eigenvalue weighted by molar-refractivity contribution is 7.18. The molecule has 2 aliphatic rings. The zero-order valence-corrected chi connectivity index (χ0v) is 18.3. The third-order valence-corrected chi connectivity index (χ3v) is 7.25. The lowest BCUT2D eigenvalue weighted by molar-refractivity contribution is -0.131. The van der Waals surface area contributed by atoms with Crippen molar-refractivity contribution >= 4 is 33.3 Å². The summed E-state index contributed by atoms with van der Waals surface area (Å²) in [7, 11) is 0. The van der Waals surface area contributed by atoms with Crippen LogP contribution in [0, 0.1) is 13.8 Å². The number of amides is 1. The first kappa shape index (κ1) is 19.6. The largest absolute Gasteiger partial charge is 0.352 e. The SMILES string of the molecule is CCCCCCC(=O)N1CCN(c2nc(C3CC3)nc3sc(C)c(C)c23)CC1. The summed E-state index contributed by atoms with van der Waals surface area (Å²) < 4.78 is 0. The Morgan fingerprint density at radius 2 is 1.82 bits per heavy atom. The first-order valence-corrected chi connectivity index (χ1v) is 11.7. The Morgan fingerprint density at radius 3 is 2.50 bits per heavy atom. The fraction of sp³-hybridized carbons (Fsp3) is 0.682. The van der Waals surface area contributed by atoms with Gasteiger partial charge in [-0.05, 0) is 38.7 Å². The van der Waals surface area contributed by atoms with Gasteiger partial charge in [-0.2, -0.15) is 0 Å². The first-order valence-electron chi connectivity index (χ1n) is 10.9. The number of piperazine rings is 1. The maximum absolute atomic E-state index is 12.5. The van der Waals surface area contributed by atoms with Gasteiger partial charge >= 0.3 is 0 Å². The second-order valence-corrected chi connectivity index (χ2v) is 9.52. The summed E-state index contributed by atoms with van der Waals surface area (Å²) in [4.78, 5) is 29.3. The number of anilines is 1. The van der Waals surface area contributed by atoms with Crippen molar-refractivity contribution in [3.05, 3.63) is 16.3 Å². The number of hydrogen-bond acceptors (Lipinski definition) is 5. The van der Waals surface area contributed by atoms with E-state index in [1.54, 1.807) is 11.3 Å². The summed E-state index contributed by atoms with van der Waals surface area (Å²) in [6.45, 7) is 9.91. The molecule has 0 N–H and O–H groups in total. The van der Waals surface area contributed by atoms with Crippen molar-refractivity contribution in [1.29, 1.82) is 0 Å². The third kappa shape index (κ3) is 4.02. The van der Waals surface area contributed by atoms with Crippen molar-refractivity contribution in [2.24, 2.45) is 0 Å². The van der Waals surface area contributed by atoms with Crippen LogP contribution >= 0.6 is 11.3 Å². The Balaban J connectivity index is 1.47. The maximum Gasteiger partial charge on any atom is 0.222 e. The summed E-state index contributed by atoms with van der Waals surface area (Å²) in [6, 6.07) is 0. The minimum absolute atomic E-state index is 0.324. The number of hydrogen-bond donors (Lipinski definition) is 0. The van der Waals surface area contributed by atoms with Crippen LogP contribution in [0.5, 0.6) is 0 Å². The topological polar surface area (TPSA) is 49.3 Å². The number of carbonyl (C=O) groups is 1. The van der Waals surface area contributed by atoms with Crippen LogP contribution in [0.3, 0.4) is 0 Å². The number of fused-ring (bicyclic) bond motifs is 1. The van der Waals surface area contributed by atoms with Gasteiger partial charge in [0.1, 0.15) is 16.5 Å². The number of carbonyl (C=O) groups excluding carboxylic acids is 1. The quantitative estimate of drug-likeness (QED) is 0.626. The van der Waals surface area contributed by atoms with E-state index in [4.69, 9.17) is 9.97 Å². The normalized spacial score (nSPS) is 17.5. The van der Waals surface area contributed by atoms with Crippen LogP contribution in [0.15, 0.2) is 0 Å². The molecule has 2 fully saturated rings. The minimum Gasteiger partial charge on any atom is -0.352 e. The Morgan fingerprint density at radius 1 is 1.07 bits per heavy atom. The molecule has 28 heavy (non-hydrogen) atoms. The predicted molar refractivity (Wildman–Crippen MR) is 116 cm³/mol.